The molecule has 0 bridgehead atoms. The molecule has 2 aromatic rings. The van der Waals surface area contributed by atoms with E-state index in [1.165, 1.54) is 14.2 Å². The van der Waals surface area contributed by atoms with Gasteiger partial charge in [0.2, 0.25) is 0 Å². The van der Waals surface area contributed by atoms with Gasteiger partial charge in [0.15, 0.2) is 0 Å². The lowest BCUT2D eigenvalue weighted by atomic mass is 9.99. The van der Waals surface area contributed by atoms with Gasteiger partial charge in [-0.15, -0.1) is 0 Å². The van der Waals surface area contributed by atoms with Gasteiger partial charge in [-0.25, -0.2) is 4.79 Å². The standard InChI is InChI=1S/C15H14O4/c1-18-12-7-8-13(14(9-12)15(17)19-2)10-3-5-11(16)6-4-10/h3-9,16H,1-2H3. The second-order valence-corrected chi connectivity index (χ2v) is 3.95. The summed E-state index contributed by atoms with van der Waals surface area (Å²) in [5.74, 6) is 0.335. The molecule has 2 rings (SSSR count). The number of benzene rings is 2. The Bertz CT molecular complexity index is 588. The van der Waals surface area contributed by atoms with E-state index in [-0.39, 0.29) is 5.75 Å². The number of methoxy groups -OCH3 is 2. The van der Waals surface area contributed by atoms with Crippen molar-refractivity contribution < 1.29 is 19.4 Å². The summed E-state index contributed by atoms with van der Waals surface area (Å²) in [5, 5.41) is 9.30. The van der Waals surface area contributed by atoms with Gasteiger partial charge in [0.25, 0.3) is 0 Å². The van der Waals surface area contributed by atoms with E-state index >= 15 is 0 Å². The molecule has 0 unspecified atom stereocenters. The number of phenolic OH excluding ortho intramolecular Hbond substituents is 1. The molecular weight excluding hydrogens is 244 g/mol. The van der Waals surface area contributed by atoms with E-state index in [4.69, 9.17) is 9.47 Å². The Kier molecular flexibility index (Phi) is 3.71. The summed E-state index contributed by atoms with van der Waals surface area (Å²) in [6, 6.07) is 11.8. The number of phenols is 1. The van der Waals surface area contributed by atoms with Gasteiger partial charge in [-0.05, 0) is 41.5 Å². The van der Waals surface area contributed by atoms with Crippen molar-refractivity contribution in [3.63, 3.8) is 0 Å². The Morgan fingerprint density at radius 1 is 1.05 bits per heavy atom. The first-order valence-electron chi connectivity index (χ1n) is 5.71. The molecule has 0 saturated heterocycles. The van der Waals surface area contributed by atoms with Crippen LogP contribution in [0, 0.1) is 0 Å². The van der Waals surface area contributed by atoms with Crippen molar-refractivity contribution in [1.82, 2.24) is 0 Å². The molecule has 0 aliphatic carbocycles. The largest absolute Gasteiger partial charge is 0.508 e. The van der Waals surface area contributed by atoms with Crippen molar-refractivity contribution in [2.75, 3.05) is 14.2 Å². The third kappa shape index (κ3) is 2.68. The van der Waals surface area contributed by atoms with Crippen LogP contribution in [-0.2, 0) is 4.74 Å². The number of aromatic hydroxyl groups is 1. The molecular formula is C15H14O4. The van der Waals surface area contributed by atoms with Gasteiger partial charge in [-0.1, -0.05) is 12.1 Å². The minimum Gasteiger partial charge on any atom is -0.508 e. The van der Waals surface area contributed by atoms with Crippen molar-refractivity contribution >= 4 is 5.97 Å². The van der Waals surface area contributed by atoms with Gasteiger partial charge in [0, 0.05) is 0 Å². The molecule has 0 heterocycles. The molecule has 0 amide bonds. The van der Waals surface area contributed by atoms with Crippen molar-refractivity contribution in [1.29, 1.82) is 0 Å². The molecule has 0 spiro atoms. The number of hydrogen-bond acceptors (Lipinski definition) is 4. The maximum atomic E-state index is 11.8. The van der Waals surface area contributed by atoms with Gasteiger partial charge in [0.05, 0.1) is 19.8 Å². The van der Waals surface area contributed by atoms with Crippen LogP contribution in [-0.4, -0.2) is 25.3 Å². The minimum atomic E-state index is -0.429. The Balaban J connectivity index is 2.55. The van der Waals surface area contributed by atoms with Crippen LogP contribution in [0.5, 0.6) is 11.5 Å². The highest BCUT2D eigenvalue weighted by Gasteiger charge is 2.14. The molecule has 1 N–H and O–H groups in total. The van der Waals surface area contributed by atoms with Gasteiger partial charge < -0.3 is 14.6 Å². The third-order valence-corrected chi connectivity index (χ3v) is 2.81. The summed E-state index contributed by atoms with van der Waals surface area (Å²) >= 11 is 0. The summed E-state index contributed by atoms with van der Waals surface area (Å²) in [5.41, 5.74) is 1.97. The fourth-order valence-electron chi connectivity index (χ4n) is 1.82. The van der Waals surface area contributed by atoms with E-state index in [0.717, 1.165) is 11.1 Å². The number of carbonyl (C=O) groups is 1. The Morgan fingerprint density at radius 2 is 1.74 bits per heavy atom. The summed E-state index contributed by atoms with van der Waals surface area (Å²) in [6.07, 6.45) is 0. The van der Waals surface area contributed by atoms with E-state index in [9.17, 15) is 9.90 Å². The minimum absolute atomic E-state index is 0.178. The predicted molar refractivity (Wildman–Crippen MR) is 71.4 cm³/mol. The summed E-state index contributed by atoms with van der Waals surface area (Å²) in [6.45, 7) is 0. The number of carbonyl (C=O) groups excluding carboxylic acids is 1. The smallest absolute Gasteiger partial charge is 0.338 e. The SMILES string of the molecule is COC(=O)c1cc(OC)ccc1-c1ccc(O)cc1. The van der Waals surface area contributed by atoms with Crippen molar-refractivity contribution in [3.8, 4) is 22.6 Å². The zero-order chi connectivity index (χ0) is 13.8. The number of esters is 1. The molecule has 19 heavy (non-hydrogen) atoms. The van der Waals surface area contributed by atoms with Crippen molar-refractivity contribution in [3.05, 3.63) is 48.0 Å². The molecule has 0 aromatic heterocycles. The molecule has 0 aliphatic heterocycles. The first-order chi connectivity index (χ1) is 9.15. The zero-order valence-electron chi connectivity index (χ0n) is 10.7. The average Bonchev–Trinajstić information content (AvgIpc) is 2.46. The first-order valence-corrected chi connectivity index (χ1v) is 5.71. The second kappa shape index (κ2) is 5.44. The van der Waals surface area contributed by atoms with Crippen molar-refractivity contribution in [2.24, 2.45) is 0 Å². The van der Waals surface area contributed by atoms with E-state index in [2.05, 4.69) is 0 Å². The van der Waals surface area contributed by atoms with Crippen LogP contribution < -0.4 is 4.74 Å². The van der Waals surface area contributed by atoms with Gasteiger partial charge >= 0.3 is 5.97 Å². The lowest BCUT2D eigenvalue weighted by Crippen LogP contribution is -2.04. The van der Waals surface area contributed by atoms with E-state index < -0.39 is 5.97 Å². The van der Waals surface area contributed by atoms with E-state index in [0.29, 0.717) is 11.3 Å². The van der Waals surface area contributed by atoms with Crippen LogP contribution in [0.1, 0.15) is 10.4 Å². The van der Waals surface area contributed by atoms with E-state index in [1.54, 1.807) is 42.5 Å². The highest BCUT2D eigenvalue weighted by molar-refractivity contribution is 5.97. The summed E-state index contributed by atoms with van der Waals surface area (Å²) in [7, 11) is 2.87. The fraction of sp³-hybridized carbons (Fsp3) is 0.133. The molecule has 0 aliphatic rings. The highest BCUT2D eigenvalue weighted by atomic mass is 16.5. The molecule has 0 saturated carbocycles. The Hall–Kier alpha value is -2.49. The zero-order valence-corrected chi connectivity index (χ0v) is 10.7. The van der Waals surface area contributed by atoms with Crippen LogP contribution in [0.4, 0.5) is 0 Å². The monoisotopic (exact) mass is 258 g/mol. The normalized spacial score (nSPS) is 10.0. The number of ether oxygens (including phenoxy) is 2. The van der Waals surface area contributed by atoms with Crippen LogP contribution in [0.25, 0.3) is 11.1 Å². The number of hydrogen-bond donors (Lipinski definition) is 1. The lowest BCUT2D eigenvalue weighted by Gasteiger charge is -2.10. The quantitative estimate of drug-likeness (QED) is 0.860. The molecule has 4 nitrogen and oxygen atoms in total. The maximum absolute atomic E-state index is 11.8. The summed E-state index contributed by atoms with van der Waals surface area (Å²) in [4.78, 5) is 11.8. The van der Waals surface area contributed by atoms with Crippen LogP contribution >= 0.6 is 0 Å². The average molecular weight is 258 g/mol. The van der Waals surface area contributed by atoms with Crippen molar-refractivity contribution in [2.45, 2.75) is 0 Å². The molecule has 2 aromatic carbocycles. The van der Waals surface area contributed by atoms with Crippen LogP contribution in [0.3, 0.4) is 0 Å². The third-order valence-electron chi connectivity index (χ3n) is 2.81. The van der Waals surface area contributed by atoms with Crippen LogP contribution in [0.15, 0.2) is 42.5 Å². The maximum Gasteiger partial charge on any atom is 0.338 e. The van der Waals surface area contributed by atoms with Crippen LogP contribution in [0.2, 0.25) is 0 Å². The van der Waals surface area contributed by atoms with E-state index in [1.807, 2.05) is 0 Å². The summed E-state index contributed by atoms with van der Waals surface area (Å²) < 4.78 is 9.89. The van der Waals surface area contributed by atoms with Gasteiger partial charge in [-0.2, -0.15) is 0 Å². The topological polar surface area (TPSA) is 55.8 Å². The number of rotatable bonds is 3. The molecule has 0 radical (unpaired) electrons. The highest BCUT2D eigenvalue weighted by Crippen LogP contribution is 2.29. The molecule has 4 heteroatoms. The predicted octanol–water partition coefficient (Wildman–Crippen LogP) is 2.85. The molecule has 0 fully saturated rings. The first kappa shape index (κ1) is 13.0. The molecule has 0 atom stereocenters. The molecule has 98 valence electrons. The lowest BCUT2D eigenvalue weighted by molar-refractivity contribution is 0.0601. The Morgan fingerprint density at radius 3 is 2.32 bits per heavy atom. The second-order valence-electron chi connectivity index (χ2n) is 3.95. The fourth-order valence-corrected chi connectivity index (χ4v) is 1.82. The van der Waals surface area contributed by atoms with Gasteiger partial charge in [-0.3, -0.25) is 0 Å². The van der Waals surface area contributed by atoms with Gasteiger partial charge in [0.1, 0.15) is 11.5 Å². The Labute approximate surface area is 111 Å².